The van der Waals surface area contributed by atoms with Crippen LogP contribution in [-0.4, -0.2) is 53.6 Å². The Morgan fingerprint density at radius 2 is 1.74 bits per heavy atom. The lowest BCUT2D eigenvalue weighted by Gasteiger charge is -2.34. The third kappa shape index (κ3) is 3.94. The number of carbonyl (C=O) groups excluding carboxylic acids is 1. The molecule has 0 spiro atoms. The molecule has 3 rings (SSSR count). The van der Waals surface area contributed by atoms with E-state index in [1.165, 1.54) is 24.3 Å². The normalized spacial score (nSPS) is 14.7. The second-order valence-electron chi connectivity index (χ2n) is 5.16. The van der Waals surface area contributed by atoms with Crippen molar-refractivity contribution < 1.29 is 13.9 Å². The van der Waals surface area contributed by atoms with Crippen LogP contribution in [0.2, 0.25) is 0 Å². The first-order valence-electron chi connectivity index (χ1n) is 7.40. The van der Waals surface area contributed by atoms with E-state index in [9.17, 15) is 9.18 Å². The predicted molar refractivity (Wildman–Crippen MR) is 82.7 cm³/mol. The number of rotatable bonds is 4. The standard InChI is InChI=1S/C16H17FN4O2/c17-13-2-4-14(5-3-13)23-12-15(22)20-8-10-21(11-9-20)16-18-6-1-7-19-16/h1-7H,8-12H2. The van der Waals surface area contributed by atoms with Gasteiger partial charge >= 0.3 is 0 Å². The number of halogens is 1. The van der Waals surface area contributed by atoms with Crippen molar-refractivity contribution in [2.45, 2.75) is 0 Å². The molecule has 23 heavy (non-hydrogen) atoms. The molecule has 0 radical (unpaired) electrons. The molecule has 0 bridgehead atoms. The van der Waals surface area contributed by atoms with Gasteiger partial charge in [-0.3, -0.25) is 4.79 Å². The Balaban J connectivity index is 1.47. The molecule has 2 heterocycles. The molecular weight excluding hydrogens is 299 g/mol. The van der Waals surface area contributed by atoms with E-state index in [1.807, 2.05) is 4.90 Å². The van der Waals surface area contributed by atoms with E-state index < -0.39 is 0 Å². The molecule has 6 nitrogen and oxygen atoms in total. The zero-order chi connectivity index (χ0) is 16.1. The van der Waals surface area contributed by atoms with Gasteiger partial charge in [0.05, 0.1) is 0 Å². The number of hydrogen-bond acceptors (Lipinski definition) is 5. The van der Waals surface area contributed by atoms with Crippen LogP contribution in [0.25, 0.3) is 0 Å². The van der Waals surface area contributed by atoms with Crippen molar-refractivity contribution in [3.8, 4) is 5.75 Å². The SMILES string of the molecule is O=C(COc1ccc(F)cc1)N1CCN(c2ncccn2)CC1. The number of hydrogen-bond donors (Lipinski definition) is 0. The number of benzene rings is 1. The van der Waals surface area contributed by atoms with Crippen molar-refractivity contribution in [2.24, 2.45) is 0 Å². The summed E-state index contributed by atoms with van der Waals surface area (Å²) in [6, 6.07) is 7.40. The highest BCUT2D eigenvalue weighted by Crippen LogP contribution is 2.12. The summed E-state index contributed by atoms with van der Waals surface area (Å²) < 4.78 is 18.2. The molecule has 0 atom stereocenters. The van der Waals surface area contributed by atoms with Crippen LogP contribution >= 0.6 is 0 Å². The monoisotopic (exact) mass is 316 g/mol. The Kier molecular flexibility index (Phi) is 4.65. The van der Waals surface area contributed by atoms with Gasteiger partial charge in [-0.05, 0) is 30.3 Å². The van der Waals surface area contributed by atoms with Crippen molar-refractivity contribution in [1.82, 2.24) is 14.9 Å². The Morgan fingerprint density at radius 1 is 1.09 bits per heavy atom. The lowest BCUT2D eigenvalue weighted by atomic mass is 10.3. The Morgan fingerprint density at radius 3 is 2.39 bits per heavy atom. The fraction of sp³-hybridized carbons (Fsp3) is 0.312. The lowest BCUT2D eigenvalue weighted by Crippen LogP contribution is -2.50. The first-order chi connectivity index (χ1) is 11.2. The Hall–Kier alpha value is -2.70. The molecule has 1 aliphatic heterocycles. The number of ether oxygens (including phenoxy) is 1. The maximum Gasteiger partial charge on any atom is 0.260 e. The smallest absolute Gasteiger partial charge is 0.260 e. The average molecular weight is 316 g/mol. The number of nitrogens with zero attached hydrogens (tertiary/aromatic N) is 4. The summed E-state index contributed by atoms with van der Waals surface area (Å²) in [5.41, 5.74) is 0. The van der Waals surface area contributed by atoms with E-state index in [2.05, 4.69) is 9.97 Å². The van der Waals surface area contributed by atoms with Gasteiger partial charge in [0.1, 0.15) is 11.6 Å². The molecular formula is C16H17FN4O2. The highest BCUT2D eigenvalue weighted by atomic mass is 19.1. The number of anilines is 1. The average Bonchev–Trinajstić information content (AvgIpc) is 2.62. The van der Waals surface area contributed by atoms with E-state index in [1.54, 1.807) is 23.4 Å². The van der Waals surface area contributed by atoms with E-state index in [4.69, 9.17) is 4.74 Å². The minimum absolute atomic E-state index is 0.0481. The van der Waals surface area contributed by atoms with Gasteiger partial charge in [0.2, 0.25) is 5.95 Å². The minimum Gasteiger partial charge on any atom is -0.484 e. The van der Waals surface area contributed by atoms with Gasteiger partial charge in [0.15, 0.2) is 6.61 Å². The van der Waals surface area contributed by atoms with Gasteiger partial charge in [0, 0.05) is 38.6 Å². The van der Waals surface area contributed by atoms with Gasteiger partial charge in [-0.1, -0.05) is 0 Å². The van der Waals surface area contributed by atoms with Crippen LogP contribution in [0.5, 0.6) is 5.75 Å². The zero-order valence-electron chi connectivity index (χ0n) is 12.6. The molecule has 0 aliphatic carbocycles. The second-order valence-corrected chi connectivity index (χ2v) is 5.16. The summed E-state index contributed by atoms with van der Waals surface area (Å²) in [7, 11) is 0. The van der Waals surface area contributed by atoms with Crippen LogP contribution in [0, 0.1) is 5.82 Å². The van der Waals surface area contributed by atoms with E-state index in [0.29, 0.717) is 37.9 Å². The Bertz CT molecular complexity index is 643. The molecule has 2 aromatic rings. The van der Waals surface area contributed by atoms with Gasteiger partial charge in [-0.2, -0.15) is 0 Å². The molecule has 120 valence electrons. The molecule has 1 aromatic carbocycles. The van der Waals surface area contributed by atoms with Crippen LogP contribution in [0.15, 0.2) is 42.7 Å². The maximum absolute atomic E-state index is 12.8. The summed E-state index contributed by atoms with van der Waals surface area (Å²) in [5.74, 6) is 0.754. The number of amides is 1. The number of aromatic nitrogens is 2. The highest BCUT2D eigenvalue weighted by molar-refractivity contribution is 5.78. The van der Waals surface area contributed by atoms with Crippen LogP contribution in [0.4, 0.5) is 10.3 Å². The van der Waals surface area contributed by atoms with Crippen molar-refractivity contribution >= 4 is 11.9 Å². The zero-order valence-corrected chi connectivity index (χ0v) is 12.6. The second kappa shape index (κ2) is 7.04. The summed E-state index contributed by atoms with van der Waals surface area (Å²) in [4.78, 5) is 24.4. The molecule has 1 saturated heterocycles. The fourth-order valence-electron chi connectivity index (χ4n) is 2.38. The van der Waals surface area contributed by atoms with Crippen molar-refractivity contribution in [3.05, 3.63) is 48.5 Å². The summed E-state index contributed by atoms with van der Waals surface area (Å²) >= 11 is 0. The lowest BCUT2D eigenvalue weighted by molar-refractivity contribution is -0.133. The van der Waals surface area contributed by atoms with Gasteiger partial charge in [0.25, 0.3) is 5.91 Å². The summed E-state index contributed by atoms with van der Waals surface area (Å²) in [6.45, 7) is 2.53. The molecule has 1 aromatic heterocycles. The molecule has 7 heteroatoms. The van der Waals surface area contributed by atoms with Crippen LogP contribution in [-0.2, 0) is 4.79 Å². The summed E-state index contributed by atoms with van der Waals surface area (Å²) in [6.07, 6.45) is 3.41. The Labute approximate surface area is 133 Å². The van der Waals surface area contributed by atoms with E-state index in [-0.39, 0.29) is 18.3 Å². The van der Waals surface area contributed by atoms with E-state index >= 15 is 0 Å². The van der Waals surface area contributed by atoms with Gasteiger partial charge < -0.3 is 14.5 Å². The maximum atomic E-state index is 12.8. The predicted octanol–water partition coefficient (Wildman–Crippen LogP) is 1.34. The quantitative estimate of drug-likeness (QED) is 0.852. The number of piperazine rings is 1. The largest absolute Gasteiger partial charge is 0.484 e. The van der Waals surface area contributed by atoms with Gasteiger partial charge in [-0.25, -0.2) is 14.4 Å². The van der Waals surface area contributed by atoms with Crippen molar-refractivity contribution in [2.75, 3.05) is 37.7 Å². The van der Waals surface area contributed by atoms with Crippen molar-refractivity contribution in [3.63, 3.8) is 0 Å². The first-order valence-corrected chi connectivity index (χ1v) is 7.40. The van der Waals surface area contributed by atoms with Crippen LogP contribution < -0.4 is 9.64 Å². The topological polar surface area (TPSA) is 58.6 Å². The van der Waals surface area contributed by atoms with Gasteiger partial charge in [-0.15, -0.1) is 0 Å². The first kappa shape index (κ1) is 15.2. The molecule has 0 saturated carbocycles. The minimum atomic E-state index is -0.331. The van der Waals surface area contributed by atoms with Crippen LogP contribution in [0.1, 0.15) is 0 Å². The third-order valence-corrected chi connectivity index (χ3v) is 3.64. The fourth-order valence-corrected chi connectivity index (χ4v) is 2.38. The van der Waals surface area contributed by atoms with Crippen LogP contribution in [0.3, 0.4) is 0 Å². The molecule has 1 aliphatic rings. The summed E-state index contributed by atoms with van der Waals surface area (Å²) in [5, 5.41) is 0. The number of carbonyl (C=O) groups is 1. The van der Waals surface area contributed by atoms with E-state index in [0.717, 1.165) is 0 Å². The van der Waals surface area contributed by atoms with Crippen molar-refractivity contribution in [1.29, 1.82) is 0 Å². The highest BCUT2D eigenvalue weighted by Gasteiger charge is 2.22. The molecule has 0 N–H and O–H groups in total. The third-order valence-electron chi connectivity index (χ3n) is 3.64. The molecule has 0 unspecified atom stereocenters. The molecule has 1 amide bonds. The molecule has 1 fully saturated rings.